The molecule has 1 aromatic rings. The van der Waals surface area contributed by atoms with Gasteiger partial charge < -0.3 is 20.3 Å². The fourth-order valence-electron chi connectivity index (χ4n) is 1.50. The second-order valence-electron chi connectivity index (χ2n) is 4.07. The van der Waals surface area contributed by atoms with Crippen molar-refractivity contribution < 1.29 is 14.6 Å². The van der Waals surface area contributed by atoms with Crippen LogP contribution in [0.1, 0.15) is 12.5 Å². The molecule has 0 aliphatic carbocycles. The molecule has 0 amide bonds. The lowest BCUT2D eigenvalue weighted by atomic mass is 9.96. The summed E-state index contributed by atoms with van der Waals surface area (Å²) in [5.74, 6) is 1.34. The van der Waals surface area contributed by atoms with E-state index < -0.39 is 5.60 Å². The number of hydrogen-bond donors (Lipinski definition) is 2. The van der Waals surface area contributed by atoms with Gasteiger partial charge in [0, 0.05) is 13.0 Å². The number of rotatable bonds is 5. The van der Waals surface area contributed by atoms with E-state index >= 15 is 0 Å². The second-order valence-corrected chi connectivity index (χ2v) is 4.07. The SMILES string of the molecule is COc1ccc(CC(C)(O)CN)cc1OC. The summed E-state index contributed by atoms with van der Waals surface area (Å²) in [4.78, 5) is 0. The molecule has 0 radical (unpaired) electrons. The summed E-state index contributed by atoms with van der Waals surface area (Å²) in [6.45, 7) is 1.94. The first-order chi connectivity index (χ1) is 7.52. The number of ether oxygens (including phenoxy) is 2. The van der Waals surface area contributed by atoms with E-state index in [-0.39, 0.29) is 6.54 Å². The van der Waals surface area contributed by atoms with E-state index in [2.05, 4.69) is 0 Å². The van der Waals surface area contributed by atoms with Gasteiger partial charge in [-0.15, -0.1) is 0 Å². The Bertz CT molecular complexity index is 350. The molecule has 0 bridgehead atoms. The predicted molar refractivity (Wildman–Crippen MR) is 62.9 cm³/mol. The van der Waals surface area contributed by atoms with Gasteiger partial charge in [0.1, 0.15) is 0 Å². The van der Waals surface area contributed by atoms with E-state index in [9.17, 15) is 5.11 Å². The van der Waals surface area contributed by atoms with Crippen LogP contribution in [0.15, 0.2) is 18.2 Å². The molecule has 90 valence electrons. The van der Waals surface area contributed by atoms with E-state index in [4.69, 9.17) is 15.2 Å². The summed E-state index contributed by atoms with van der Waals surface area (Å²) < 4.78 is 10.3. The number of hydrogen-bond acceptors (Lipinski definition) is 4. The molecule has 4 nitrogen and oxygen atoms in total. The summed E-state index contributed by atoms with van der Waals surface area (Å²) in [6.07, 6.45) is 0.490. The van der Waals surface area contributed by atoms with Gasteiger partial charge in [0.25, 0.3) is 0 Å². The Balaban J connectivity index is 2.91. The highest BCUT2D eigenvalue weighted by Crippen LogP contribution is 2.28. The van der Waals surface area contributed by atoms with Crippen molar-refractivity contribution >= 4 is 0 Å². The fraction of sp³-hybridized carbons (Fsp3) is 0.500. The first kappa shape index (κ1) is 12.8. The van der Waals surface area contributed by atoms with Gasteiger partial charge in [-0.2, -0.15) is 0 Å². The van der Waals surface area contributed by atoms with Crippen LogP contribution in [-0.2, 0) is 6.42 Å². The average molecular weight is 225 g/mol. The largest absolute Gasteiger partial charge is 0.493 e. The highest BCUT2D eigenvalue weighted by molar-refractivity contribution is 5.43. The molecule has 1 aromatic carbocycles. The smallest absolute Gasteiger partial charge is 0.160 e. The topological polar surface area (TPSA) is 64.7 Å². The van der Waals surface area contributed by atoms with Crippen LogP contribution in [0.25, 0.3) is 0 Å². The maximum Gasteiger partial charge on any atom is 0.160 e. The van der Waals surface area contributed by atoms with Crippen molar-refractivity contribution in [3.8, 4) is 11.5 Å². The molecule has 0 saturated carbocycles. The van der Waals surface area contributed by atoms with Crippen LogP contribution in [0.3, 0.4) is 0 Å². The number of aliphatic hydroxyl groups is 1. The molecule has 1 atom stereocenters. The van der Waals surface area contributed by atoms with Crippen LogP contribution in [0, 0.1) is 0 Å². The summed E-state index contributed by atoms with van der Waals surface area (Å²) >= 11 is 0. The molecule has 4 heteroatoms. The minimum atomic E-state index is -0.889. The van der Waals surface area contributed by atoms with Crippen LogP contribution < -0.4 is 15.2 Å². The fourth-order valence-corrected chi connectivity index (χ4v) is 1.50. The number of methoxy groups -OCH3 is 2. The van der Waals surface area contributed by atoms with Crippen LogP contribution in [0.5, 0.6) is 11.5 Å². The molecule has 0 heterocycles. The first-order valence-corrected chi connectivity index (χ1v) is 5.16. The van der Waals surface area contributed by atoms with E-state index in [1.807, 2.05) is 18.2 Å². The van der Waals surface area contributed by atoms with Gasteiger partial charge in [-0.05, 0) is 24.6 Å². The van der Waals surface area contributed by atoms with E-state index in [1.165, 1.54) is 0 Å². The molecule has 3 N–H and O–H groups in total. The van der Waals surface area contributed by atoms with Crippen molar-refractivity contribution in [3.05, 3.63) is 23.8 Å². The maximum absolute atomic E-state index is 9.87. The second kappa shape index (κ2) is 5.18. The molecule has 0 aliphatic heterocycles. The number of benzene rings is 1. The van der Waals surface area contributed by atoms with E-state index in [1.54, 1.807) is 21.1 Å². The summed E-state index contributed by atoms with van der Waals surface area (Å²) in [6, 6.07) is 5.56. The summed E-state index contributed by atoms with van der Waals surface area (Å²) in [7, 11) is 3.18. The lowest BCUT2D eigenvalue weighted by Crippen LogP contribution is -2.36. The lowest BCUT2D eigenvalue weighted by Gasteiger charge is -2.21. The third-order valence-corrected chi connectivity index (χ3v) is 2.47. The maximum atomic E-state index is 9.87. The Kier molecular flexibility index (Phi) is 4.15. The summed E-state index contributed by atoms with van der Waals surface area (Å²) in [5, 5.41) is 9.87. The van der Waals surface area contributed by atoms with Crippen molar-refractivity contribution in [1.29, 1.82) is 0 Å². The van der Waals surface area contributed by atoms with Crippen molar-refractivity contribution in [2.24, 2.45) is 5.73 Å². The van der Waals surface area contributed by atoms with Crippen molar-refractivity contribution in [1.82, 2.24) is 0 Å². The Labute approximate surface area is 96.0 Å². The van der Waals surface area contributed by atoms with Gasteiger partial charge in [0.15, 0.2) is 11.5 Å². The lowest BCUT2D eigenvalue weighted by molar-refractivity contribution is 0.0696. The monoisotopic (exact) mass is 225 g/mol. The zero-order valence-electron chi connectivity index (χ0n) is 9.99. The molecular formula is C12H19NO3. The normalized spacial score (nSPS) is 14.3. The van der Waals surface area contributed by atoms with Gasteiger partial charge in [0.05, 0.1) is 19.8 Å². The molecule has 0 saturated heterocycles. The Hall–Kier alpha value is -1.26. The molecule has 0 fully saturated rings. The summed E-state index contributed by atoms with van der Waals surface area (Å²) in [5.41, 5.74) is 5.55. The molecule has 0 aromatic heterocycles. The van der Waals surface area contributed by atoms with E-state index in [0.717, 1.165) is 5.56 Å². The third kappa shape index (κ3) is 3.12. The van der Waals surface area contributed by atoms with Gasteiger partial charge in [-0.25, -0.2) is 0 Å². The van der Waals surface area contributed by atoms with Crippen LogP contribution in [0.4, 0.5) is 0 Å². The zero-order chi connectivity index (χ0) is 12.2. The van der Waals surface area contributed by atoms with Gasteiger partial charge in [0.2, 0.25) is 0 Å². The molecule has 16 heavy (non-hydrogen) atoms. The molecule has 1 rings (SSSR count). The first-order valence-electron chi connectivity index (χ1n) is 5.16. The van der Waals surface area contributed by atoms with Crippen LogP contribution >= 0.6 is 0 Å². The standard InChI is InChI=1S/C12H19NO3/c1-12(14,8-13)7-9-4-5-10(15-2)11(6-9)16-3/h4-6,14H,7-8,13H2,1-3H3. The Morgan fingerprint density at radius 3 is 2.38 bits per heavy atom. The molecular weight excluding hydrogens is 206 g/mol. The minimum absolute atomic E-state index is 0.224. The van der Waals surface area contributed by atoms with Crippen molar-refractivity contribution in [2.45, 2.75) is 18.9 Å². The highest BCUT2D eigenvalue weighted by Gasteiger charge is 2.19. The van der Waals surface area contributed by atoms with E-state index in [0.29, 0.717) is 17.9 Å². The van der Waals surface area contributed by atoms with Crippen molar-refractivity contribution in [3.63, 3.8) is 0 Å². The average Bonchev–Trinajstić information content (AvgIpc) is 2.28. The highest BCUT2D eigenvalue weighted by atomic mass is 16.5. The predicted octanol–water partition coefficient (Wildman–Crippen LogP) is 0.956. The van der Waals surface area contributed by atoms with Crippen LogP contribution in [0.2, 0.25) is 0 Å². The Morgan fingerprint density at radius 1 is 1.25 bits per heavy atom. The molecule has 1 unspecified atom stereocenters. The third-order valence-electron chi connectivity index (χ3n) is 2.47. The van der Waals surface area contributed by atoms with Crippen LogP contribution in [-0.4, -0.2) is 31.5 Å². The zero-order valence-corrected chi connectivity index (χ0v) is 9.99. The number of nitrogens with two attached hydrogens (primary N) is 1. The quantitative estimate of drug-likeness (QED) is 0.783. The van der Waals surface area contributed by atoms with Gasteiger partial charge >= 0.3 is 0 Å². The molecule has 0 spiro atoms. The minimum Gasteiger partial charge on any atom is -0.493 e. The van der Waals surface area contributed by atoms with Gasteiger partial charge in [-0.3, -0.25) is 0 Å². The van der Waals surface area contributed by atoms with Crippen molar-refractivity contribution in [2.75, 3.05) is 20.8 Å². The van der Waals surface area contributed by atoms with Gasteiger partial charge in [-0.1, -0.05) is 6.07 Å². The Morgan fingerprint density at radius 2 is 1.88 bits per heavy atom. The molecule has 0 aliphatic rings.